The number of hydrogen-bond donors (Lipinski definition) is 0. The SMILES string of the molecule is Cc1ccc(N(C2=CC=CCC2)c2ccc(C)cc2C)c(C)c1. The first-order valence-electron chi connectivity index (χ1n) is 8.36. The minimum Gasteiger partial charge on any atom is -0.314 e. The second-order valence-corrected chi connectivity index (χ2v) is 6.54. The first-order valence-corrected chi connectivity index (χ1v) is 8.36. The first-order chi connectivity index (χ1) is 11.1. The third-order valence-electron chi connectivity index (χ3n) is 4.47. The lowest BCUT2D eigenvalue weighted by atomic mass is 10.0. The number of anilines is 2. The van der Waals surface area contributed by atoms with Crippen molar-refractivity contribution in [1.82, 2.24) is 0 Å². The lowest BCUT2D eigenvalue weighted by Gasteiger charge is -2.31. The molecule has 0 aromatic heterocycles. The van der Waals surface area contributed by atoms with Crippen molar-refractivity contribution in [2.75, 3.05) is 4.90 Å². The Labute approximate surface area is 140 Å². The van der Waals surface area contributed by atoms with Crippen LogP contribution >= 0.6 is 0 Å². The predicted octanol–water partition coefficient (Wildman–Crippen LogP) is 6.29. The van der Waals surface area contributed by atoms with E-state index in [1.54, 1.807) is 0 Å². The zero-order chi connectivity index (χ0) is 16.4. The Morgan fingerprint density at radius 2 is 1.35 bits per heavy atom. The van der Waals surface area contributed by atoms with E-state index in [0.29, 0.717) is 0 Å². The molecule has 0 bridgehead atoms. The van der Waals surface area contributed by atoms with Crippen molar-refractivity contribution < 1.29 is 0 Å². The molecule has 2 aromatic carbocycles. The van der Waals surface area contributed by atoms with Crippen molar-refractivity contribution in [3.8, 4) is 0 Å². The summed E-state index contributed by atoms with van der Waals surface area (Å²) in [6.45, 7) is 8.72. The fourth-order valence-corrected chi connectivity index (χ4v) is 3.33. The van der Waals surface area contributed by atoms with E-state index in [2.05, 4.69) is 87.2 Å². The van der Waals surface area contributed by atoms with Crippen LogP contribution in [-0.4, -0.2) is 0 Å². The van der Waals surface area contributed by atoms with Crippen LogP contribution in [0.3, 0.4) is 0 Å². The number of benzene rings is 2. The van der Waals surface area contributed by atoms with Gasteiger partial charge in [0.2, 0.25) is 0 Å². The molecule has 3 rings (SSSR count). The van der Waals surface area contributed by atoms with Gasteiger partial charge in [-0.25, -0.2) is 0 Å². The van der Waals surface area contributed by atoms with E-state index in [0.717, 1.165) is 12.8 Å². The lowest BCUT2D eigenvalue weighted by molar-refractivity contribution is 0.913. The maximum Gasteiger partial charge on any atom is 0.0487 e. The quantitative estimate of drug-likeness (QED) is 0.644. The van der Waals surface area contributed by atoms with Crippen molar-refractivity contribution in [3.05, 3.63) is 82.6 Å². The van der Waals surface area contributed by atoms with E-state index in [1.165, 1.54) is 39.3 Å². The fraction of sp³-hybridized carbons (Fsp3) is 0.273. The Bertz CT molecular complexity index is 729. The smallest absolute Gasteiger partial charge is 0.0487 e. The van der Waals surface area contributed by atoms with Gasteiger partial charge in [0, 0.05) is 17.1 Å². The molecule has 0 atom stereocenters. The number of aryl methyl sites for hydroxylation is 4. The molecular weight excluding hydrogens is 278 g/mol. The van der Waals surface area contributed by atoms with Crippen LogP contribution in [-0.2, 0) is 0 Å². The molecule has 0 fully saturated rings. The van der Waals surface area contributed by atoms with Gasteiger partial charge in [-0.2, -0.15) is 0 Å². The monoisotopic (exact) mass is 303 g/mol. The van der Waals surface area contributed by atoms with Crippen LogP contribution in [0.2, 0.25) is 0 Å². The van der Waals surface area contributed by atoms with Gasteiger partial charge in [-0.15, -0.1) is 0 Å². The summed E-state index contributed by atoms with van der Waals surface area (Å²) in [4.78, 5) is 2.44. The van der Waals surface area contributed by atoms with Gasteiger partial charge in [0.1, 0.15) is 0 Å². The molecule has 0 saturated heterocycles. The molecule has 1 nitrogen and oxygen atoms in total. The van der Waals surface area contributed by atoms with Gasteiger partial charge in [-0.05, 0) is 69.9 Å². The summed E-state index contributed by atoms with van der Waals surface area (Å²) in [5, 5.41) is 0. The summed E-state index contributed by atoms with van der Waals surface area (Å²) in [6, 6.07) is 13.5. The van der Waals surface area contributed by atoms with Crippen molar-refractivity contribution >= 4 is 11.4 Å². The minimum absolute atomic E-state index is 1.08. The average molecular weight is 303 g/mol. The molecule has 23 heavy (non-hydrogen) atoms. The lowest BCUT2D eigenvalue weighted by Crippen LogP contribution is -2.19. The molecular formula is C22H25N. The van der Waals surface area contributed by atoms with Gasteiger partial charge >= 0.3 is 0 Å². The highest BCUT2D eigenvalue weighted by atomic mass is 15.2. The van der Waals surface area contributed by atoms with Crippen molar-refractivity contribution in [3.63, 3.8) is 0 Å². The molecule has 1 heteroatoms. The number of allylic oxidation sites excluding steroid dienone is 4. The van der Waals surface area contributed by atoms with Crippen LogP contribution in [0.1, 0.15) is 35.1 Å². The molecule has 2 aromatic rings. The fourth-order valence-electron chi connectivity index (χ4n) is 3.33. The minimum atomic E-state index is 1.08. The summed E-state index contributed by atoms with van der Waals surface area (Å²) in [6.07, 6.45) is 8.86. The third kappa shape index (κ3) is 3.24. The molecule has 0 saturated carbocycles. The molecule has 1 aliphatic rings. The predicted molar refractivity (Wildman–Crippen MR) is 100 cm³/mol. The second kappa shape index (κ2) is 6.45. The van der Waals surface area contributed by atoms with Gasteiger partial charge < -0.3 is 4.90 Å². The van der Waals surface area contributed by atoms with Crippen LogP contribution in [0.5, 0.6) is 0 Å². The zero-order valence-electron chi connectivity index (χ0n) is 14.6. The molecule has 118 valence electrons. The molecule has 0 heterocycles. The van der Waals surface area contributed by atoms with Crippen LogP contribution in [0.25, 0.3) is 0 Å². The Balaban J connectivity index is 2.17. The van der Waals surface area contributed by atoms with Crippen LogP contribution in [0, 0.1) is 27.7 Å². The Morgan fingerprint density at radius 3 is 1.78 bits per heavy atom. The van der Waals surface area contributed by atoms with E-state index in [-0.39, 0.29) is 0 Å². The second-order valence-electron chi connectivity index (χ2n) is 6.54. The highest BCUT2D eigenvalue weighted by Crippen LogP contribution is 2.37. The Hall–Kier alpha value is -2.28. The Kier molecular flexibility index (Phi) is 4.38. The normalized spacial score (nSPS) is 13.8. The molecule has 1 aliphatic carbocycles. The van der Waals surface area contributed by atoms with E-state index in [4.69, 9.17) is 0 Å². The zero-order valence-corrected chi connectivity index (χ0v) is 14.6. The van der Waals surface area contributed by atoms with Crippen LogP contribution in [0.4, 0.5) is 11.4 Å². The van der Waals surface area contributed by atoms with Gasteiger partial charge in [0.25, 0.3) is 0 Å². The van der Waals surface area contributed by atoms with Crippen molar-refractivity contribution in [1.29, 1.82) is 0 Å². The molecule has 0 aliphatic heterocycles. The first kappa shape index (κ1) is 15.6. The summed E-state index contributed by atoms with van der Waals surface area (Å²) in [5.41, 5.74) is 9.19. The van der Waals surface area contributed by atoms with E-state index >= 15 is 0 Å². The highest BCUT2D eigenvalue weighted by molar-refractivity contribution is 5.74. The molecule has 0 unspecified atom stereocenters. The summed E-state index contributed by atoms with van der Waals surface area (Å²) in [7, 11) is 0. The molecule has 0 radical (unpaired) electrons. The van der Waals surface area contributed by atoms with Gasteiger partial charge in [0.05, 0.1) is 0 Å². The van der Waals surface area contributed by atoms with Gasteiger partial charge in [0.15, 0.2) is 0 Å². The number of rotatable bonds is 3. The van der Waals surface area contributed by atoms with Gasteiger partial charge in [-0.1, -0.05) is 47.5 Å². The number of nitrogens with zero attached hydrogens (tertiary/aromatic N) is 1. The molecule has 0 N–H and O–H groups in total. The molecule has 0 amide bonds. The maximum atomic E-state index is 2.44. The standard InChI is InChI=1S/C22H25N/c1-16-10-12-21(18(3)14-16)23(20-8-6-5-7-9-20)22-13-11-17(2)15-19(22)4/h5-6,8,10-15H,7,9H2,1-4H3. The largest absolute Gasteiger partial charge is 0.314 e. The van der Waals surface area contributed by atoms with Crippen molar-refractivity contribution in [2.24, 2.45) is 0 Å². The summed E-state index contributed by atoms with van der Waals surface area (Å²) < 4.78 is 0. The number of hydrogen-bond acceptors (Lipinski definition) is 1. The van der Waals surface area contributed by atoms with E-state index in [9.17, 15) is 0 Å². The van der Waals surface area contributed by atoms with Gasteiger partial charge in [-0.3, -0.25) is 0 Å². The summed E-state index contributed by atoms with van der Waals surface area (Å²) in [5.74, 6) is 0. The highest BCUT2D eigenvalue weighted by Gasteiger charge is 2.18. The van der Waals surface area contributed by atoms with Crippen LogP contribution in [0.15, 0.2) is 60.3 Å². The topological polar surface area (TPSA) is 3.24 Å². The maximum absolute atomic E-state index is 2.44. The molecule has 0 spiro atoms. The average Bonchev–Trinajstić information content (AvgIpc) is 2.52. The van der Waals surface area contributed by atoms with E-state index < -0.39 is 0 Å². The Morgan fingerprint density at radius 1 is 0.783 bits per heavy atom. The summed E-state index contributed by atoms with van der Waals surface area (Å²) >= 11 is 0. The van der Waals surface area contributed by atoms with E-state index in [1.807, 2.05) is 0 Å². The van der Waals surface area contributed by atoms with Crippen LogP contribution < -0.4 is 4.90 Å². The van der Waals surface area contributed by atoms with Crippen molar-refractivity contribution in [2.45, 2.75) is 40.5 Å². The third-order valence-corrected chi connectivity index (χ3v) is 4.47.